The standard InChI is InChI=1S/C20H32N4O2.HI/c1-20(2,3)26-19(25)23(5)14-12-22-18(21-4)24-13-11-17(15-24)16-9-7-6-8-10-16;/h6-10,17H,11-15H2,1-5H3,(H,21,22);1H. The molecular formula is C20H33IN4O2. The van der Waals surface area contributed by atoms with Crippen LogP contribution in [0, 0.1) is 0 Å². The fraction of sp³-hybridized carbons (Fsp3) is 0.600. The highest BCUT2D eigenvalue weighted by Gasteiger charge is 2.26. The minimum absolute atomic E-state index is 0. The SMILES string of the molecule is CN=C(NCCN(C)C(=O)OC(C)(C)C)N1CCC(c2ccccc2)C1.I. The zero-order valence-corrected chi connectivity index (χ0v) is 19.4. The van der Waals surface area contributed by atoms with Crippen molar-refractivity contribution in [1.82, 2.24) is 15.1 Å². The summed E-state index contributed by atoms with van der Waals surface area (Å²) in [7, 11) is 3.55. The first-order chi connectivity index (χ1) is 12.3. The highest BCUT2D eigenvalue weighted by Crippen LogP contribution is 2.26. The third-order valence-corrected chi connectivity index (χ3v) is 4.41. The van der Waals surface area contributed by atoms with Gasteiger partial charge < -0.3 is 19.9 Å². The van der Waals surface area contributed by atoms with Crippen molar-refractivity contribution < 1.29 is 9.53 Å². The molecule has 2 rings (SSSR count). The topological polar surface area (TPSA) is 57.2 Å². The maximum atomic E-state index is 12.0. The molecule has 0 saturated carbocycles. The number of ether oxygens (including phenoxy) is 1. The Kier molecular flexibility index (Phi) is 9.35. The monoisotopic (exact) mass is 488 g/mol. The molecule has 0 spiro atoms. The summed E-state index contributed by atoms with van der Waals surface area (Å²) in [6.07, 6.45) is 0.822. The second-order valence-corrected chi connectivity index (χ2v) is 7.72. The van der Waals surface area contributed by atoms with Gasteiger partial charge in [-0.1, -0.05) is 30.3 Å². The summed E-state index contributed by atoms with van der Waals surface area (Å²) in [5, 5.41) is 3.36. The number of guanidine groups is 1. The van der Waals surface area contributed by atoms with Crippen molar-refractivity contribution in [2.75, 3.05) is 40.3 Å². The lowest BCUT2D eigenvalue weighted by Gasteiger charge is -2.26. The Morgan fingerprint density at radius 3 is 2.59 bits per heavy atom. The normalized spacial score (nSPS) is 17.3. The number of halogens is 1. The molecule has 1 saturated heterocycles. The maximum absolute atomic E-state index is 12.0. The van der Waals surface area contributed by atoms with Crippen molar-refractivity contribution in [2.24, 2.45) is 4.99 Å². The fourth-order valence-corrected chi connectivity index (χ4v) is 3.05. The molecule has 1 heterocycles. The van der Waals surface area contributed by atoms with Gasteiger partial charge in [0.1, 0.15) is 5.60 Å². The Labute approximate surface area is 180 Å². The summed E-state index contributed by atoms with van der Waals surface area (Å²) in [5.41, 5.74) is 0.909. The van der Waals surface area contributed by atoms with Gasteiger partial charge in [-0.2, -0.15) is 0 Å². The van der Waals surface area contributed by atoms with Gasteiger partial charge in [-0.15, -0.1) is 24.0 Å². The molecule has 0 aromatic heterocycles. The molecule has 27 heavy (non-hydrogen) atoms. The van der Waals surface area contributed by atoms with Gasteiger partial charge in [0.15, 0.2) is 5.96 Å². The van der Waals surface area contributed by atoms with Crippen LogP contribution in [0.3, 0.4) is 0 Å². The molecule has 1 atom stereocenters. The molecule has 1 amide bonds. The highest BCUT2D eigenvalue weighted by molar-refractivity contribution is 14.0. The molecule has 1 aliphatic heterocycles. The van der Waals surface area contributed by atoms with E-state index in [0.29, 0.717) is 19.0 Å². The van der Waals surface area contributed by atoms with Crippen LogP contribution in [0.25, 0.3) is 0 Å². The highest BCUT2D eigenvalue weighted by atomic mass is 127. The first-order valence-corrected chi connectivity index (χ1v) is 9.25. The van der Waals surface area contributed by atoms with E-state index in [0.717, 1.165) is 25.5 Å². The van der Waals surface area contributed by atoms with Gasteiger partial charge >= 0.3 is 6.09 Å². The van der Waals surface area contributed by atoms with Crippen LogP contribution < -0.4 is 5.32 Å². The minimum Gasteiger partial charge on any atom is -0.444 e. The largest absolute Gasteiger partial charge is 0.444 e. The maximum Gasteiger partial charge on any atom is 0.410 e. The number of nitrogens with zero attached hydrogens (tertiary/aromatic N) is 3. The van der Waals surface area contributed by atoms with Crippen molar-refractivity contribution >= 4 is 36.0 Å². The van der Waals surface area contributed by atoms with Crippen LogP contribution >= 0.6 is 24.0 Å². The number of carbonyl (C=O) groups excluding carboxylic acids is 1. The third kappa shape index (κ3) is 7.56. The van der Waals surface area contributed by atoms with Crippen LogP contribution in [0.15, 0.2) is 35.3 Å². The Balaban J connectivity index is 0.00000364. The fourth-order valence-electron chi connectivity index (χ4n) is 3.05. The number of hydrogen-bond donors (Lipinski definition) is 1. The number of amides is 1. The summed E-state index contributed by atoms with van der Waals surface area (Å²) in [4.78, 5) is 20.3. The van der Waals surface area contributed by atoms with Crippen molar-refractivity contribution in [3.05, 3.63) is 35.9 Å². The second-order valence-electron chi connectivity index (χ2n) is 7.72. The molecule has 1 aromatic rings. The van der Waals surface area contributed by atoms with Crippen molar-refractivity contribution in [2.45, 2.75) is 38.7 Å². The number of aliphatic imine (C=N–C) groups is 1. The summed E-state index contributed by atoms with van der Waals surface area (Å²) in [5.74, 6) is 1.43. The number of benzene rings is 1. The number of likely N-dealkylation sites (tertiary alicyclic amines) is 1. The van der Waals surface area contributed by atoms with E-state index in [1.54, 1.807) is 19.0 Å². The zero-order chi connectivity index (χ0) is 19.2. The van der Waals surface area contributed by atoms with Crippen LogP contribution in [-0.2, 0) is 4.74 Å². The van der Waals surface area contributed by atoms with Crippen LogP contribution in [0.5, 0.6) is 0 Å². The van der Waals surface area contributed by atoms with E-state index in [-0.39, 0.29) is 30.1 Å². The predicted octanol–water partition coefficient (Wildman–Crippen LogP) is 3.54. The number of hydrogen-bond acceptors (Lipinski definition) is 3. The van der Waals surface area contributed by atoms with E-state index in [1.165, 1.54) is 5.56 Å². The van der Waals surface area contributed by atoms with E-state index in [4.69, 9.17) is 4.74 Å². The van der Waals surface area contributed by atoms with Gasteiger partial charge in [-0.05, 0) is 32.8 Å². The predicted molar refractivity (Wildman–Crippen MR) is 121 cm³/mol. The number of carbonyl (C=O) groups is 1. The Morgan fingerprint density at radius 1 is 1.33 bits per heavy atom. The molecule has 6 nitrogen and oxygen atoms in total. The lowest BCUT2D eigenvalue weighted by atomic mass is 9.99. The number of likely N-dealkylation sites (N-methyl/N-ethyl adjacent to an activating group) is 1. The lowest BCUT2D eigenvalue weighted by Crippen LogP contribution is -2.44. The molecule has 0 bridgehead atoms. The van der Waals surface area contributed by atoms with Crippen molar-refractivity contribution in [3.8, 4) is 0 Å². The molecule has 1 aromatic carbocycles. The van der Waals surface area contributed by atoms with Crippen LogP contribution in [0.4, 0.5) is 4.79 Å². The van der Waals surface area contributed by atoms with Crippen LogP contribution in [-0.4, -0.2) is 67.7 Å². The number of nitrogens with one attached hydrogen (secondary N) is 1. The third-order valence-electron chi connectivity index (χ3n) is 4.41. The van der Waals surface area contributed by atoms with E-state index < -0.39 is 5.60 Å². The molecular weight excluding hydrogens is 455 g/mol. The summed E-state index contributed by atoms with van der Waals surface area (Å²) < 4.78 is 5.36. The Morgan fingerprint density at radius 2 is 2.00 bits per heavy atom. The molecule has 152 valence electrons. The average molecular weight is 488 g/mol. The smallest absolute Gasteiger partial charge is 0.410 e. The molecule has 7 heteroatoms. The van der Waals surface area contributed by atoms with E-state index in [1.807, 2.05) is 20.8 Å². The van der Waals surface area contributed by atoms with Crippen LogP contribution in [0.1, 0.15) is 38.7 Å². The summed E-state index contributed by atoms with van der Waals surface area (Å²) in [6, 6.07) is 10.6. The lowest BCUT2D eigenvalue weighted by molar-refractivity contribution is 0.0302. The van der Waals surface area contributed by atoms with Gasteiger partial charge in [-0.3, -0.25) is 4.99 Å². The zero-order valence-electron chi connectivity index (χ0n) is 17.1. The van der Waals surface area contributed by atoms with Gasteiger partial charge in [-0.25, -0.2) is 4.79 Å². The quantitative estimate of drug-likeness (QED) is 0.400. The van der Waals surface area contributed by atoms with Gasteiger partial charge in [0.25, 0.3) is 0 Å². The van der Waals surface area contributed by atoms with Crippen molar-refractivity contribution in [1.29, 1.82) is 0 Å². The first kappa shape index (κ1) is 23.5. The Bertz CT molecular complexity index is 616. The molecule has 1 aliphatic rings. The van der Waals surface area contributed by atoms with Gasteiger partial charge in [0.05, 0.1) is 0 Å². The molecule has 1 N–H and O–H groups in total. The first-order valence-electron chi connectivity index (χ1n) is 9.25. The molecule has 0 radical (unpaired) electrons. The number of rotatable bonds is 4. The van der Waals surface area contributed by atoms with Gasteiger partial charge in [0.2, 0.25) is 0 Å². The summed E-state index contributed by atoms with van der Waals surface area (Å²) in [6.45, 7) is 8.76. The van der Waals surface area contributed by atoms with Crippen LogP contribution in [0.2, 0.25) is 0 Å². The Hall–Kier alpha value is -1.51. The van der Waals surface area contributed by atoms with E-state index in [2.05, 4.69) is 45.5 Å². The molecule has 0 aliphatic carbocycles. The second kappa shape index (κ2) is 10.7. The van der Waals surface area contributed by atoms with E-state index >= 15 is 0 Å². The molecule has 1 fully saturated rings. The van der Waals surface area contributed by atoms with Crippen molar-refractivity contribution in [3.63, 3.8) is 0 Å². The minimum atomic E-state index is -0.475. The molecule has 1 unspecified atom stereocenters. The van der Waals surface area contributed by atoms with E-state index in [9.17, 15) is 4.79 Å². The van der Waals surface area contributed by atoms with Gasteiger partial charge in [0, 0.05) is 46.2 Å². The average Bonchev–Trinajstić information content (AvgIpc) is 3.07. The summed E-state index contributed by atoms with van der Waals surface area (Å²) >= 11 is 0.